The summed E-state index contributed by atoms with van der Waals surface area (Å²) in [5.74, 6) is 0.322. The van der Waals surface area contributed by atoms with Crippen LogP contribution in [0.15, 0.2) is 0 Å². The molecule has 3 nitrogen and oxygen atoms in total. The van der Waals surface area contributed by atoms with Crippen molar-refractivity contribution in [1.82, 2.24) is 0 Å². The van der Waals surface area contributed by atoms with Crippen molar-refractivity contribution in [1.29, 1.82) is 0 Å². The standard InChI is InChI=1S/C16H33NO2/c1-8-14(2,3)13(18)15(4,5)10-12-19-16(6,7)9-11-17/h8-12,17H2,1-7H3. The van der Waals surface area contributed by atoms with Gasteiger partial charge in [0.05, 0.1) is 5.60 Å². The average molecular weight is 271 g/mol. The van der Waals surface area contributed by atoms with Gasteiger partial charge in [-0.3, -0.25) is 4.79 Å². The van der Waals surface area contributed by atoms with E-state index in [1.165, 1.54) is 0 Å². The van der Waals surface area contributed by atoms with Crippen molar-refractivity contribution in [2.45, 2.75) is 73.3 Å². The van der Waals surface area contributed by atoms with E-state index in [-0.39, 0.29) is 16.4 Å². The molecular formula is C16H33NO2. The summed E-state index contributed by atoms with van der Waals surface area (Å²) in [6, 6.07) is 0. The number of nitrogens with two attached hydrogens (primary N) is 1. The highest BCUT2D eigenvalue weighted by molar-refractivity contribution is 5.88. The lowest BCUT2D eigenvalue weighted by molar-refractivity contribution is -0.138. The lowest BCUT2D eigenvalue weighted by Crippen LogP contribution is -2.38. The van der Waals surface area contributed by atoms with Gasteiger partial charge in [-0.2, -0.15) is 0 Å². The fourth-order valence-electron chi connectivity index (χ4n) is 2.19. The van der Waals surface area contributed by atoms with E-state index in [0.717, 1.165) is 19.3 Å². The topological polar surface area (TPSA) is 52.3 Å². The average Bonchev–Trinajstić information content (AvgIpc) is 2.27. The molecule has 0 spiro atoms. The van der Waals surface area contributed by atoms with Crippen LogP contribution in [-0.2, 0) is 9.53 Å². The van der Waals surface area contributed by atoms with Gasteiger partial charge in [0, 0.05) is 17.4 Å². The van der Waals surface area contributed by atoms with E-state index in [4.69, 9.17) is 10.5 Å². The lowest BCUT2D eigenvalue weighted by atomic mass is 9.71. The molecule has 0 amide bonds. The monoisotopic (exact) mass is 271 g/mol. The Kier molecular flexibility index (Phi) is 6.70. The molecule has 0 rings (SSSR count). The van der Waals surface area contributed by atoms with Crippen LogP contribution in [0.5, 0.6) is 0 Å². The first-order valence-electron chi connectivity index (χ1n) is 7.37. The predicted octanol–water partition coefficient (Wildman–Crippen LogP) is 3.55. The van der Waals surface area contributed by atoms with E-state index >= 15 is 0 Å². The van der Waals surface area contributed by atoms with Crippen molar-refractivity contribution in [2.24, 2.45) is 16.6 Å². The van der Waals surface area contributed by atoms with Gasteiger partial charge in [0.25, 0.3) is 0 Å². The first-order chi connectivity index (χ1) is 8.48. The Labute approximate surface area is 119 Å². The minimum absolute atomic E-state index is 0.200. The molecule has 114 valence electrons. The smallest absolute Gasteiger partial charge is 0.144 e. The van der Waals surface area contributed by atoms with Gasteiger partial charge in [-0.05, 0) is 39.7 Å². The number of ether oxygens (including phenoxy) is 1. The van der Waals surface area contributed by atoms with Gasteiger partial charge in [0.15, 0.2) is 0 Å². The molecule has 0 saturated heterocycles. The van der Waals surface area contributed by atoms with Gasteiger partial charge in [-0.15, -0.1) is 0 Å². The fourth-order valence-corrected chi connectivity index (χ4v) is 2.19. The Balaban J connectivity index is 4.43. The molecule has 0 saturated carbocycles. The van der Waals surface area contributed by atoms with Crippen molar-refractivity contribution in [2.75, 3.05) is 13.2 Å². The molecule has 0 atom stereocenters. The molecule has 0 aromatic rings. The number of hydrogen-bond donors (Lipinski definition) is 1. The summed E-state index contributed by atoms with van der Waals surface area (Å²) >= 11 is 0. The van der Waals surface area contributed by atoms with Gasteiger partial charge >= 0.3 is 0 Å². The van der Waals surface area contributed by atoms with Crippen molar-refractivity contribution >= 4 is 5.78 Å². The summed E-state index contributed by atoms with van der Waals surface area (Å²) in [5, 5.41) is 0. The highest BCUT2D eigenvalue weighted by Crippen LogP contribution is 2.34. The van der Waals surface area contributed by atoms with E-state index in [1.807, 2.05) is 41.5 Å². The van der Waals surface area contributed by atoms with Crippen molar-refractivity contribution in [3.63, 3.8) is 0 Å². The van der Waals surface area contributed by atoms with Crippen LogP contribution in [0.25, 0.3) is 0 Å². The fraction of sp³-hybridized carbons (Fsp3) is 0.938. The second-order valence-corrected chi connectivity index (χ2v) is 7.35. The zero-order chi connectivity index (χ0) is 15.3. The highest BCUT2D eigenvalue weighted by atomic mass is 16.5. The van der Waals surface area contributed by atoms with Crippen LogP contribution in [0.2, 0.25) is 0 Å². The van der Waals surface area contributed by atoms with Gasteiger partial charge < -0.3 is 10.5 Å². The van der Waals surface area contributed by atoms with Crippen LogP contribution >= 0.6 is 0 Å². The predicted molar refractivity (Wildman–Crippen MR) is 81.2 cm³/mol. The maximum atomic E-state index is 12.5. The van der Waals surface area contributed by atoms with E-state index in [1.54, 1.807) is 0 Å². The SMILES string of the molecule is CCC(C)(C)C(=O)C(C)(C)CCOC(C)(C)CCN. The Morgan fingerprint density at radius 1 is 1.00 bits per heavy atom. The zero-order valence-corrected chi connectivity index (χ0v) is 13.9. The number of hydrogen-bond acceptors (Lipinski definition) is 3. The summed E-state index contributed by atoms with van der Waals surface area (Å²) < 4.78 is 5.87. The molecule has 0 aromatic heterocycles. The number of carbonyl (C=O) groups is 1. The van der Waals surface area contributed by atoms with E-state index in [2.05, 4.69) is 6.92 Å². The first kappa shape index (κ1) is 18.6. The largest absolute Gasteiger partial charge is 0.375 e. The molecule has 3 heteroatoms. The van der Waals surface area contributed by atoms with Crippen LogP contribution < -0.4 is 5.73 Å². The molecule has 0 aliphatic heterocycles. The Hall–Kier alpha value is -0.410. The molecule has 0 radical (unpaired) electrons. The van der Waals surface area contributed by atoms with E-state index < -0.39 is 0 Å². The second-order valence-electron chi connectivity index (χ2n) is 7.35. The van der Waals surface area contributed by atoms with Crippen molar-refractivity contribution in [3.05, 3.63) is 0 Å². The second kappa shape index (κ2) is 6.85. The van der Waals surface area contributed by atoms with Crippen LogP contribution in [0.3, 0.4) is 0 Å². The molecule has 0 unspecified atom stereocenters. The van der Waals surface area contributed by atoms with Crippen molar-refractivity contribution in [3.8, 4) is 0 Å². The lowest BCUT2D eigenvalue weighted by Gasteiger charge is -2.34. The third kappa shape index (κ3) is 6.05. The van der Waals surface area contributed by atoms with Gasteiger partial charge in [0.1, 0.15) is 5.78 Å². The highest BCUT2D eigenvalue weighted by Gasteiger charge is 2.37. The van der Waals surface area contributed by atoms with Gasteiger partial charge in [0.2, 0.25) is 0 Å². The Morgan fingerprint density at radius 2 is 1.53 bits per heavy atom. The van der Waals surface area contributed by atoms with Gasteiger partial charge in [-0.1, -0.05) is 34.6 Å². The summed E-state index contributed by atoms with van der Waals surface area (Å²) in [5.41, 5.74) is 4.77. The molecule has 0 heterocycles. The van der Waals surface area contributed by atoms with E-state index in [0.29, 0.717) is 18.9 Å². The molecular weight excluding hydrogens is 238 g/mol. The normalized spacial score (nSPS) is 13.7. The number of Topliss-reactive ketones (excluding diaryl/α,β-unsaturated/α-hetero) is 1. The Bertz CT molecular complexity index is 293. The summed E-state index contributed by atoms with van der Waals surface area (Å²) in [4.78, 5) is 12.5. The third-order valence-electron chi connectivity index (χ3n) is 4.08. The summed E-state index contributed by atoms with van der Waals surface area (Å²) in [6.45, 7) is 15.5. The molecule has 2 N–H and O–H groups in total. The third-order valence-corrected chi connectivity index (χ3v) is 4.08. The first-order valence-corrected chi connectivity index (χ1v) is 7.37. The molecule has 0 aromatic carbocycles. The van der Waals surface area contributed by atoms with Crippen LogP contribution in [0.4, 0.5) is 0 Å². The molecule has 0 aliphatic carbocycles. The number of ketones is 1. The van der Waals surface area contributed by atoms with Crippen molar-refractivity contribution < 1.29 is 9.53 Å². The quantitative estimate of drug-likeness (QED) is 0.697. The minimum atomic E-state index is -0.335. The maximum absolute atomic E-state index is 12.5. The maximum Gasteiger partial charge on any atom is 0.144 e. The molecule has 19 heavy (non-hydrogen) atoms. The molecule has 0 bridgehead atoms. The van der Waals surface area contributed by atoms with Crippen LogP contribution in [-0.4, -0.2) is 24.5 Å². The minimum Gasteiger partial charge on any atom is -0.375 e. The summed E-state index contributed by atoms with van der Waals surface area (Å²) in [6.07, 6.45) is 2.46. The number of carbonyl (C=O) groups excluding carboxylic acids is 1. The molecule has 0 aliphatic rings. The van der Waals surface area contributed by atoms with E-state index in [9.17, 15) is 4.79 Å². The van der Waals surface area contributed by atoms with Crippen LogP contribution in [0.1, 0.15) is 67.7 Å². The number of rotatable bonds is 9. The van der Waals surface area contributed by atoms with Crippen LogP contribution in [0, 0.1) is 10.8 Å². The Morgan fingerprint density at radius 3 is 1.95 bits per heavy atom. The zero-order valence-electron chi connectivity index (χ0n) is 13.9. The summed E-state index contributed by atoms with van der Waals surface area (Å²) in [7, 11) is 0. The van der Waals surface area contributed by atoms with Gasteiger partial charge in [-0.25, -0.2) is 0 Å². The molecule has 0 fully saturated rings.